The summed E-state index contributed by atoms with van der Waals surface area (Å²) < 4.78 is 5.60. The number of carbonyl (C=O) groups is 3. The van der Waals surface area contributed by atoms with E-state index >= 15 is 0 Å². The van der Waals surface area contributed by atoms with E-state index in [1.165, 1.54) is 11.3 Å². The van der Waals surface area contributed by atoms with Crippen LogP contribution in [0.2, 0.25) is 0 Å². The molecule has 2 N–H and O–H groups in total. The van der Waals surface area contributed by atoms with Gasteiger partial charge in [0.1, 0.15) is 18.2 Å². The largest absolute Gasteiger partial charge is 0.367 e. The highest BCUT2D eigenvalue weighted by molar-refractivity contribution is 7.12. The van der Waals surface area contributed by atoms with Crippen LogP contribution in [0.25, 0.3) is 11.1 Å². The number of hydrogen-bond acceptors (Lipinski definition) is 5. The number of rotatable bonds is 7. The Balaban J connectivity index is 1.48. The third kappa shape index (κ3) is 4.43. The van der Waals surface area contributed by atoms with Crippen LogP contribution in [0.1, 0.15) is 49.2 Å². The maximum absolute atomic E-state index is 13.2. The van der Waals surface area contributed by atoms with Crippen molar-refractivity contribution in [2.45, 2.75) is 57.2 Å². The molecule has 0 radical (unpaired) electrons. The highest BCUT2D eigenvalue weighted by atomic mass is 32.1. The number of fused-ring (bicyclic) bond motifs is 1. The number of benzene rings is 1. The lowest BCUT2D eigenvalue weighted by atomic mass is 9.91. The van der Waals surface area contributed by atoms with Gasteiger partial charge in [-0.3, -0.25) is 14.4 Å². The average Bonchev–Trinajstić information content (AvgIpc) is 3.45. The van der Waals surface area contributed by atoms with Crippen molar-refractivity contribution in [2.75, 3.05) is 6.61 Å². The Hall–Kier alpha value is -2.51. The molecule has 1 saturated carbocycles. The topological polar surface area (TPSA) is 84.5 Å². The lowest BCUT2D eigenvalue weighted by molar-refractivity contribution is -0.131. The number of Topliss-reactive ketones (excluding diaryl/α,β-unsaturated/α-hetero) is 1. The van der Waals surface area contributed by atoms with Crippen LogP contribution in [0, 0.1) is 5.92 Å². The van der Waals surface area contributed by atoms with Crippen molar-refractivity contribution in [3.05, 3.63) is 46.7 Å². The van der Waals surface area contributed by atoms with Crippen LogP contribution in [0.15, 0.2) is 41.8 Å². The van der Waals surface area contributed by atoms with Crippen molar-refractivity contribution in [3.63, 3.8) is 0 Å². The fourth-order valence-electron chi connectivity index (χ4n) is 4.51. The summed E-state index contributed by atoms with van der Waals surface area (Å²) in [5.74, 6) is -0.453. The number of carbonyl (C=O) groups excluding carboxylic acids is 3. The van der Waals surface area contributed by atoms with Crippen LogP contribution in [-0.2, 0) is 14.3 Å². The summed E-state index contributed by atoms with van der Waals surface area (Å²) >= 11 is 1.35. The molecule has 3 atom stereocenters. The standard InChI is InChI=1S/C24H28N2O4S/c1-15(2)11-18(22(28)26-24-10-6-9-21(24)30-13-20(24)27)25-23(29)19-12-17(14-31-19)16-7-4-3-5-8-16/h3-5,7-8,12,14-15,18,21H,6,9-11,13H2,1-2H3,(H,25,29)(H,26,28). The van der Waals surface area contributed by atoms with Crippen LogP contribution >= 0.6 is 11.3 Å². The van der Waals surface area contributed by atoms with Crippen molar-refractivity contribution < 1.29 is 19.1 Å². The highest BCUT2D eigenvalue weighted by Crippen LogP contribution is 2.38. The molecule has 1 aromatic heterocycles. The molecule has 4 rings (SSSR count). The molecular formula is C24H28N2O4S. The van der Waals surface area contributed by atoms with Crippen molar-refractivity contribution in [1.82, 2.24) is 10.6 Å². The summed E-state index contributed by atoms with van der Waals surface area (Å²) in [6.45, 7) is 4.06. The Morgan fingerprint density at radius 2 is 2.00 bits per heavy atom. The molecule has 1 aliphatic carbocycles. The number of nitrogens with one attached hydrogen (secondary N) is 2. The fourth-order valence-corrected chi connectivity index (χ4v) is 5.33. The average molecular weight is 441 g/mol. The minimum absolute atomic E-state index is 0.0452. The third-order valence-corrected chi connectivity index (χ3v) is 7.03. The molecule has 1 aliphatic heterocycles. The van der Waals surface area contributed by atoms with Gasteiger partial charge in [-0.1, -0.05) is 44.2 Å². The minimum Gasteiger partial charge on any atom is -0.367 e. The molecule has 31 heavy (non-hydrogen) atoms. The van der Waals surface area contributed by atoms with E-state index in [1.54, 1.807) is 0 Å². The molecule has 2 aromatic rings. The summed E-state index contributed by atoms with van der Waals surface area (Å²) in [7, 11) is 0. The van der Waals surface area contributed by atoms with Crippen molar-refractivity contribution in [2.24, 2.45) is 5.92 Å². The molecule has 7 heteroatoms. The molecule has 1 aromatic carbocycles. The molecule has 2 amide bonds. The van der Waals surface area contributed by atoms with Crippen LogP contribution in [-0.4, -0.2) is 41.9 Å². The number of hydrogen-bond donors (Lipinski definition) is 2. The van der Waals surface area contributed by atoms with E-state index < -0.39 is 11.6 Å². The maximum Gasteiger partial charge on any atom is 0.262 e. The molecule has 0 bridgehead atoms. The zero-order chi connectivity index (χ0) is 22.0. The summed E-state index contributed by atoms with van der Waals surface area (Å²) in [6, 6.07) is 11.0. The first-order valence-corrected chi connectivity index (χ1v) is 11.7. The predicted octanol–water partition coefficient (Wildman–Crippen LogP) is 3.57. The van der Waals surface area contributed by atoms with E-state index in [2.05, 4.69) is 10.6 Å². The number of amides is 2. The van der Waals surface area contributed by atoms with Gasteiger partial charge in [0.2, 0.25) is 5.91 Å². The third-order valence-electron chi connectivity index (χ3n) is 6.11. The van der Waals surface area contributed by atoms with E-state index in [4.69, 9.17) is 4.74 Å². The van der Waals surface area contributed by atoms with Gasteiger partial charge in [0, 0.05) is 0 Å². The van der Waals surface area contributed by atoms with Crippen molar-refractivity contribution in [3.8, 4) is 11.1 Å². The van der Waals surface area contributed by atoms with Gasteiger partial charge in [-0.2, -0.15) is 0 Å². The molecule has 2 aliphatic rings. The monoisotopic (exact) mass is 440 g/mol. The van der Waals surface area contributed by atoms with Crippen LogP contribution in [0.4, 0.5) is 0 Å². The molecular weight excluding hydrogens is 412 g/mol. The Kier molecular flexibility index (Phi) is 6.25. The molecule has 1 saturated heterocycles. The molecule has 2 fully saturated rings. The van der Waals surface area contributed by atoms with Gasteiger partial charge in [0.15, 0.2) is 5.78 Å². The predicted molar refractivity (Wildman–Crippen MR) is 120 cm³/mol. The van der Waals surface area contributed by atoms with E-state index in [9.17, 15) is 14.4 Å². The normalized spacial score (nSPS) is 23.6. The van der Waals surface area contributed by atoms with Crippen molar-refractivity contribution >= 4 is 28.9 Å². The first-order valence-electron chi connectivity index (χ1n) is 10.8. The van der Waals surface area contributed by atoms with E-state index in [-0.39, 0.29) is 36.2 Å². The van der Waals surface area contributed by atoms with Gasteiger partial charge in [0.25, 0.3) is 5.91 Å². The molecule has 2 heterocycles. The highest BCUT2D eigenvalue weighted by Gasteiger charge is 2.55. The number of thiophene rings is 1. The Bertz CT molecular complexity index is 971. The summed E-state index contributed by atoms with van der Waals surface area (Å²) in [4.78, 5) is 39.2. The second-order valence-electron chi connectivity index (χ2n) is 8.80. The SMILES string of the molecule is CC(C)CC(NC(=O)c1cc(-c2ccccc2)cs1)C(=O)NC12CCCC1OCC2=O. The van der Waals surface area contributed by atoms with E-state index in [0.29, 0.717) is 17.7 Å². The van der Waals surface area contributed by atoms with E-state index in [1.807, 2.05) is 55.6 Å². The van der Waals surface area contributed by atoms with Crippen LogP contribution in [0.3, 0.4) is 0 Å². The summed E-state index contributed by atoms with van der Waals surface area (Å²) in [5, 5.41) is 7.82. The Morgan fingerprint density at radius 1 is 1.23 bits per heavy atom. The lowest BCUT2D eigenvalue weighted by Crippen LogP contribution is -2.60. The summed E-state index contributed by atoms with van der Waals surface area (Å²) in [5.41, 5.74) is 1.09. The zero-order valence-electron chi connectivity index (χ0n) is 17.9. The maximum atomic E-state index is 13.2. The Labute approximate surface area is 186 Å². The minimum atomic E-state index is -0.930. The van der Waals surface area contributed by atoms with Crippen molar-refractivity contribution in [1.29, 1.82) is 0 Å². The van der Waals surface area contributed by atoms with Gasteiger partial charge in [-0.05, 0) is 54.2 Å². The molecule has 3 unspecified atom stereocenters. The number of ether oxygens (including phenoxy) is 1. The van der Waals surface area contributed by atoms with Gasteiger partial charge in [-0.25, -0.2) is 0 Å². The van der Waals surface area contributed by atoms with Gasteiger partial charge < -0.3 is 15.4 Å². The van der Waals surface area contributed by atoms with Crippen LogP contribution in [0.5, 0.6) is 0 Å². The lowest BCUT2D eigenvalue weighted by Gasteiger charge is -2.30. The fraction of sp³-hybridized carbons (Fsp3) is 0.458. The smallest absolute Gasteiger partial charge is 0.262 e. The first kappa shape index (κ1) is 21.7. The van der Waals surface area contributed by atoms with E-state index in [0.717, 1.165) is 24.0 Å². The summed E-state index contributed by atoms with van der Waals surface area (Å²) in [6.07, 6.45) is 2.44. The van der Waals surface area contributed by atoms with Gasteiger partial charge in [-0.15, -0.1) is 11.3 Å². The second kappa shape index (κ2) is 8.93. The number of ketones is 1. The molecule has 164 valence electrons. The zero-order valence-corrected chi connectivity index (χ0v) is 18.7. The van der Waals surface area contributed by atoms with Crippen LogP contribution < -0.4 is 10.6 Å². The Morgan fingerprint density at radius 3 is 2.74 bits per heavy atom. The van der Waals surface area contributed by atoms with Gasteiger partial charge in [0.05, 0.1) is 11.0 Å². The first-order chi connectivity index (χ1) is 14.9. The quantitative estimate of drug-likeness (QED) is 0.689. The second-order valence-corrected chi connectivity index (χ2v) is 9.71. The molecule has 0 spiro atoms. The van der Waals surface area contributed by atoms with Gasteiger partial charge >= 0.3 is 0 Å². The molecule has 6 nitrogen and oxygen atoms in total.